The first kappa shape index (κ1) is 9.50. The van der Waals surface area contributed by atoms with Crippen molar-refractivity contribution in [2.24, 2.45) is 0 Å². The van der Waals surface area contributed by atoms with Crippen molar-refractivity contribution in [3.63, 3.8) is 0 Å². The van der Waals surface area contributed by atoms with Gasteiger partial charge in [0, 0.05) is 6.20 Å². The maximum absolute atomic E-state index is 6.02. The molecule has 3 atom stereocenters. The molecule has 0 bridgehead atoms. The van der Waals surface area contributed by atoms with Crippen LogP contribution in [-0.4, -0.2) is 16.1 Å². The molecule has 2 rings (SSSR count). The molecule has 3 unspecified atom stereocenters. The Bertz CT molecular complexity index is 277. The molecule has 1 nitrogen and oxygen atoms in total. The molecule has 0 radical (unpaired) electrons. The summed E-state index contributed by atoms with van der Waals surface area (Å²) in [5.74, 6) is 0. The molecule has 1 N–H and O–H groups in total. The standard InChI is InChI=1S/C9H9Cl2NS/c10-7-2-1-6(5-8(7)11)9-12-3-4-13-9/h1-5,7-9,12H. The van der Waals surface area contributed by atoms with Crippen LogP contribution in [0.3, 0.4) is 0 Å². The minimum atomic E-state index is -0.0929. The molecule has 70 valence electrons. The van der Waals surface area contributed by atoms with Crippen molar-refractivity contribution < 1.29 is 0 Å². The van der Waals surface area contributed by atoms with E-state index in [-0.39, 0.29) is 10.8 Å². The van der Waals surface area contributed by atoms with Gasteiger partial charge in [-0.3, -0.25) is 0 Å². The minimum absolute atomic E-state index is 0.0789. The maximum atomic E-state index is 6.02. The third-order valence-electron chi connectivity index (χ3n) is 1.96. The van der Waals surface area contributed by atoms with E-state index in [1.54, 1.807) is 11.8 Å². The van der Waals surface area contributed by atoms with Crippen LogP contribution in [0.15, 0.2) is 35.4 Å². The lowest BCUT2D eigenvalue weighted by Crippen LogP contribution is -2.23. The molecule has 4 heteroatoms. The van der Waals surface area contributed by atoms with Gasteiger partial charge in [-0.25, -0.2) is 0 Å². The second kappa shape index (κ2) is 3.99. The van der Waals surface area contributed by atoms with Gasteiger partial charge in [-0.1, -0.05) is 18.2 Å². The Morgan fingerprint density at radius 2 is 2.15 bits per heavy atom. The molecule has 0 spiro atoms. The summed E-state index contributed by atoms with van der Waals surface area (Å²) < 4.78 is 0. The molecule has 13 heavy (non-hydrogen) atoms. The Morgan fingerprint density at radius 3 is 2.77 bits per heavy atom. The molecule has 2 aliphatic rings. The molecular formula is C9H9Cl2NS. The van der Waals surface area contributed by atoms with Crippen molar-refractivity contribution in [3.05, 3.63) is 35.4 Å². The molecule has 1 aliphatic heterocycles. The van der Waals surface area contributed by atoms with Crippen LogP contribution in [0, 0.1) is 0 Å². The van der Waals surface area contributed by atoms with Crippen molar-refractivity contribution in [2.75, 3.05) is 0 Å². The predicted molar refractivity (Wildman–Crippen MR) is 60.2 cm³/mol. The van der Waals surface area contributed by atoms with E-state index < -0.39 is 0 Å². The van der Waals surface area contributed by atoms with Crippen LogP contribution in [0.25, 0.3) is 0 Å². The number of rotatable bonds is 1. The number of halogens is 2. The lowest BCUT2D eigenvalue weighted by molar-refractivity contribution is 0.888. The molecule has 1 heterocycles. The zero-order valence-electron chi connectivity index (χ0n) is 6.78. The molecule has 0 aromatic heterocycles. The van der Waals surface area contributed by atoms with Gasteiger partial charge in [0.2, 0.25) is 0 Å². The van der Waals surface area contributed by atoms with E-state index in [2.05, 4.69) is 5.32 Å². The van der Waals surface area contributed by atoms with Gasteiger partial charge in [0.15, 0.2) is 0 Å². The Hall–Kier alpha value is -0.0500. The third kappa shape index (κ3) is 2.06. The fraction of sp³-hybridized carbons (Fsp3) is 0.333. The van der Waals surface area contributed by atoms with E-state index in [4.69, 9.17) is 23.2 Å². The Kier molecular flexibility index (Phi) is 2.92. The monoisotopic (exact) mass is 233 g/mol. The number of hydrogen-bond donors (Lipinski definition) is 1. The van der Waals surface area contributed by atoms with Crippen molar-refractivity contribution in [1.29, 1.82) is 0 Å². The quantitative estimate of drug-likeness (QED) is 0.700. The first-order valence-corrected chi connectivity index (χ1v) is 5.83. The minimum Gasteiger partial charge on any atom is -0.375 e. The van der Waals surface area contributed by atoms with Gasteiger partial charge >= 0.3 is 0 Å². The van der Waals surface area contributed by atoms with E-state index in [1.807, 2.05) is 29.8 Å². The summed E-state index contributed by atoms with van der Waals surface area (Å²) in [6.07, 6.45) is 7.93. The number of nitrogens with one attached hydrogen (secondary N) is 1. The lowest BCUT2D eigenvalue weighted by atomic mass is 10.1. The zero-order chi connectivity index (χ0) is 9.26. The summed E-state index contributed by atoms with van der Waals surface area (Å²) in [5, 5.41) is 5.40. The average molecular weight is 234 g/mol. The van der Waals surface area contributed by atoms with Crippen LogP contribution in [0.1, 0.15) is 0 Å². The van der Waals surface area contributed by atoms with Crippen LogP contribution >= 0.6 is 35.0 Å². The van der Waals surface area contributed by atoms with Gasteiger partial charge in [-0.05, 0) is 11.0 Å². The van der Waals surface area contributed by atoms with Gasteiger partial charge < -0.3 is 5.32 Å². The highest BCUT2D eigenvalue weighted by atomic mass is 35.5. The van der Waals surface area contributed by atoms with E-state index >= 15 is 0 Å². The second-order valence-electron chi connectivity index (χ2n) is 2.90. The van der Waals surface area contributed by atoms with Crippen LogP contribution in [-0.2, 0) is 0 Å². The smallest absolute Gasteiger partial charge is 0.101 e. The first-order chi connectivity index (χ1) is 6.27. The van der Waals surface area contributed by atoms with Crippen molar-refractivity contribution in [1.82, 2.24) is 5.32 Å². The summed E-state index contributed by atoms with van der Waals surface area (Å²) in [4.78, 5) is 0. The van der Waals surface area contributed by atoms with Crippen LogP contribution in [0.5, 0.6) is 0 Å². The maximum Gasteiger partial charge on any atom is 0.101 e. The van der Waals surface area contributed by atoms with E-state index in [9.17, 15) is 0 Å². The summed E-state index contributed by atoms with van der Waals surface area (Å²) >= 11 is 13.7. The van der Waals surface area contributed by atoms with Crippen LogP contribution in [0.4, 0.5) is 0 Å². The highest BCUT2D eigenvalue weighted by Crippen LogP contribution is 2.29. The second-order valence-corrected chi connectivity index (χ2v) is 4.92. The summed E-state index contributed by atoms with van der Waals surface area (Å²) in [7, 11) is 0. The van der Waals surface area contributed by atoms with Gasteiger partial charge in [0.05, 0.1) is 10.8 Å². The Labute approximate surface area is 91.9 Å². The van der Waals surface area contributed by atoms with Gasteiger partial charge in [-0.2, -0.15) is 0 Å². The average Bonchev–Trinajstić information content (AvgIpc) is 2.62. The fourth-order valence-corrected chi connectivity index (χ4v) is 2.43. The van der Waals surface area contributed by atoms with E-state index in [0.29, 0.717) is 5.37 Å². The van der Waals surface area contributed by atoms with Gasteiger partial charge in [-0.15, -0.1) is 35.0 Å². The lowest BCUT2D eigenvalue weighted by Gasteiger charge is -2.19. The molecule has 0 amide bonds. The number of hydrogen-bond acceptors (Lipinski definition) is 2. The normalized spacial score (nSPS) is 37.4. The SMILES string of the molecule is ClC1C=CC(C2NC=CS2)=CC1Cl. The predicted octanol–water partition coefficient (Wildman–Crippen LogP) is 2.83. The summed E-state index contributed by atoms with van der Waals surface area (Å²) in [6, 6.07) is 0. The first-order valence-electron chi connectivity index (χ1n) is 4.02. The van der Waals surface area contributed by atoms with E-state index in [1.165, 1.54) is 5.57 Å². The molecular weight excluding hydrogens is 225 g/mol. The zero-order valence-corrected chi connectivity index (χ0v) is 9.11. The van der Waals surface area contributed by atoms with Gasteiger partial charge in [0.1, 0.15) is 5.37 Å². The molecule has 0 aromatic carbocycles. The van der Waals surface area contributed by atoms with Crippen LogP contribution < -0.4 is 5.32 Å². The third-order valence-corrected chi connectivity index (χ3v) is 3.88. The molecule has 0 saturated carbocycles. The number of alkyl halides is 2. The van der Waals surface area contributed by atoms with Crippen molar-refractivity contribution in [2.45, 2.75) is 16.1 Å². The Morgan fingerprint density at radius 1 is 1.31 bits per heavy atom. The number of allylic oxidation sites excluding steroid dienone is 2. The molecule has 0 aromatic rings. The largest absolute Gasteiger partial charge is 0.375 e. The highest BCUT2D eigenvalue weighted by Gasteiger charge is 2.21. The van der Waals surface area contributed by atoms with E-state index in [0.717, 1.165) is 0 Å². The Balaban J connectivity index is 2.08. The van der Waals surface area contributed by atoms with Crippen LogP contribution in [0.2, 0.25) is 0 Å². The fourth-order valence-electron chi connectivity index (χ4n) is 1.27. The van der Waals surface area contributed by atoms with Gasteiger partial charge in [0.25, 0.3) is 0 Å². The molecule has 1 aliphatic carbocycles. The highest BCUT2D eigenvalue weighted by molar-refractivity contribution is 8.03. The summed E-state index contributed by atoms with van der Waals surface area (Å²) in [6.45, 7) is 0. The number of thioether (sulfide) groups is 1. The van der Waals surface area contributed by atoms with Crippen molar-refractivity contribution in [3.8, 4) is 0 Å². The topological polar surface area (TPSA) is 12.0 Å². The summed E-state index contributed by atoms with van der Waals surface area (Å²) in [5.41, 5.74) is 1.20. The molecule has 0 saturated heterocycles. The molecule has 0 fully saturated rings. The van der Waals surface area contributed by atoms with Crippen molar-refractivity contribution >= 4 is 35.0 Å².